The molecule has 0 saturated heterocycles. The summed E-state index contributed by atoms with van der Waals surface area (Å²) in [7, 11) is 0. The van der Waals surface area contributed by atoms with E-state index in [1.54, 1.807) is 11.3 Å². The van der Waals surface area contributed by atoms with Gasteiger partial charge in [-0.3, -0.25) is 4.79 Å². The van der Waals surface area contributed by atoms with Crippen LogP contribution in [0, 0.1) is 5.41 Å². The summed E-state index contributed by atoms with van der Waals surface area (Å²) < 4.78 is 0. The van der Waals surface area contributed by atoms with Crippen LogP contribution >= 0.6 is 11.3 Å². The van der Waals surface area contributed by atoms with Gasteiger partial charge in [0.1, 0.15) is 0 Å². The maximum atomic E-state index is 12.0. The summed E-state index contributed by atoms with van der Waals surface area (Å²) in [5.41, 5.74) is 5.74. The van der Waals surface area contributed by atoms with E-state index in [2.05, 4.69) is 50.5 Å². The summed E-state index contributed by atoms with van der Waals surface area (Å²) in [4.78, 5) is 13.3. The van der Waals surface area contributed by atoms with Crippen LogP contribution in [0.3, 0.4) is 0 Å². The summed E-state index contributed by atoms with van der Waals surface area (Å²) in [6, 6.07) is 4.18. The molecule has 1 rings (SSSR count). The Balaban J connectivity index is 2.37. The smallest absolute Gasteiger partial charge is 0.220 e. The number of nitrogens with two attached hydrogens (primary N) is 1. The highest BCUT2D eigenvalue weighted by molar-refractivity contribution is 7.10. The molecule has 0 atom stereocenters. The van der Waals surface area contributed by atoms with Gasteiger partial charge in [0.2, 0.25) is 5.91 Å². The molecule has 3 nitrogen and oxygen atoms in total. The number of hydrogen-bond acceptors (Lipinski definition) is 3. The minimum atomic E-state index is -0.00337. The highest BCUT2D eigenvalue weighted by Gasteiger charge is 2.23. The lowest BCUT2D eigenvalue weighted by molar-refractivity contribution is -0.121. The average Bonchev–Trinajstić information content (AvgIpc) is 2.88. The molecule has 0 aliphatic heterocycles. The van der Waals surface area contributed by atoms with Crippen LogP contribution in [0.15, 0.2) is 17.5 Å². The predicted molar refractivity (Wildman–Crippen MR) is 87.0 cm³/mol. The van der Waals surface area contributed by atoms with Gasteiger partial charge >= 0.3 is 0 Å². The Kier molecular flexibility index (Phi) is 6.21. The second kappa shape index (κ2) is 7.23. The first-order valence-electron chi connectivity index (χ1n) is 7.28. The van der Waals surface area contributed by atoms with Gasteiger partial charge in [0, 0.05) is 23.3 Å². The van der Waals surface area contributed by atoms with E-state index in [0.29, 0.717) is 19.5 Å². The minimum Gasteiger partial charge on any atom is -0.355 e. The first kappa shape index (κ1) is 17.2. The molecule has 0 aliphatic carbocycles. The van der Waals surface area contributed by atoms with Gasteiger partial charge in [-0.1, -0.05) is 33.8 Å². The van der Waals surface area contributed by atoms with E-state index in [0.717, 1.165) is 12.8 Å². The zero-order valence-corrected chi connectivity index (χ0v) is 14.0. The van der Waals surface area contributed by atoms with Crippen LogP contribution < -0.4 is 11.1 Å². The average molecular weight is 296 g/mol. The highest BCUT2D eigenvalue weighted by atomic mass is 32.1. The number of nitrogens with one attached hydrogen (secondary N) is 1. The van der Waals surface area contributed by atoms with E-state index in [1.807, 2.05) is 0 Å². The zero-order chi connectivity index (χ0) is 15.2. The lowest BCUT2D eigenvalue weighted by atomic mass is 9.84. The van der Waals surface area contributed by atoms with Gasteiger partial charge in [0.15, 0.2) is 0 Å². The Morgan fingerprint density at radius 2 is 2.00 bits per heavy atom. The third-order valence-electron chi connectivity index (χ3n) is 3.77. The second-order valence-corrected chi connectivity index (χ2v) is 7.79. The van der Waals surface area contributed by atoms with Gasteiger partial charge < -0.3 is 11.1 Å². The fourth-order valence-electron chi connectivity index (χ4n) is 2.13. The molecule has 0 fully saturated rings. The molecule has 0 aromatic carbocycles. The first-order chi connectivity index (χ1) is 9.27. The standard InChI is InChI=1S/C16H28N2OS/c1-15(2,9-10-17)8-7-14(19)18-12-16(3,4)13-6-5-11-20-13/h5-6,11H,7-10,12,17H2,1-4H3,(H,18,19). The Bertz CT molecular complexity index is 410. The molecule has 3 N–H and O–H groups in total. The maximum absolute atomic E-state index is 12.0. The van der Waals surface area contributed by atoms with Crippen molar-refractivity contribution in [3.63, 3.8) is 0 Å². The molecule has 114 valence electrons. The quantitative estimate of drug-likeness (QED) is 0.773. The van der Waals surface area contributed by atoms with Crippen molar-refractivity contribution in [1.29, 1.82) is 0 Å². The number of carbonyl (C=O) groups excluding carboxylic acids is 1. The Morgan fingerprint density at radius 3 is 2.55 bits per heavy atom. The van der Waals surface area contributed by atoms with Crippen molar-refractivity contribution >= 4 is 17.2 Å². The summed E-state index contributed by atoms with van der Waals surface area (Å²) in [5, 5.41) is 5.14. The lowest BCUT2D eigenvalue weighted by Crippen LogP contribution is -2.36. The molecule has 0 aliphatic rings. The van der Waals surface area contributed by atoms with Gasteiger partial charge in [0.05, 0.1) is 0 Å². The summed E-state index contributed by atoms with van der Waals surface area (Å²) >= 11 is 1.74. The van der Waals surface area contributed by atoms with Gasteiger partial charge in [-0.05, 0) is 36.2 Å². The van der Waals surface area contributed by atoms with Gasteiger partial charge in [0.25, 0.3) is 0 Å². The largest absolute Gasteiger partial charge is 0.355 e. The molecule has 0 bridgehead atoms. The van der Waals surface area contributed by atoms with E-state index in [-0.39, 0.29) is 16.7 Å². The summed E-state index contributed by atoms with van der Waals surface area (Å²) in [5.74, 6) is 0.139. The molecule has 4 heteroatoms. The van der Waals surface area contributed by atoms with Crippen molar-refractivity contribution in [3.05, 3.63) is 22.4 Å². The third-order valence-corrected chi connectivity index (χ3v) is 5.00. The van der Waals surface area contributed by atoms with Crippen LogP contribution in [0.5, 0.6) is 0 Å². The molecule has 0 spiro atoms. The van der Waals surface area contributed by atoms with E-state index >= 15 is 0 Å². The van der Waals surface area contributed by atoms with E-state index in [4.69, 9.17) is 5.73 Å². The van der Waals surface area contributed by atoms with Crippen molar-refractivity contribution in [2.45, 2.75) is 52.4 Å². The number of amides is 1. The Labute approximate surface area is 127 Å². The number of carbonyl (C=O) groups is 1. The van der Waals surface area contributed by atoms with Crippen molar-refractivity contribution < 1.29 is 4.79 Å². The molecule has 0 unspecified atom stereocenters. The molecule has 1 amide bonds. The van der Waals surface area contributed by atoms with Crippen LogP contribution in [0.2, 0.25) is 0 Å². The van der Waals surface area contributed by atoms with E-state index in [1.165, 1.54) is 4.88 Å². The van der Waals surface area contributed by atoms with Crippen LogP contribution in [0.25, 0.3) is 0 Å². The van der Waals surface area contributed by atoms with Crippen LogP contribution in [0.4, 0.5) is 0 Å². The molecule has 1 aromatic heterocycles. The molecular formula is C16H28N2OS. The molecule has 1 aromatic rings. The van der Waals surface area contributed by atoms with Crippen LogP contribution in [-0.2, 0) is 10.2 Å². The number of rotatable bonds is 8. The fourth-order valence-corrected chi connectivity index (χ4v) is 2.98. The Hall–Kier alpha value is -0.870. The molecule has 0 saturated carbocycles. The van der Waals surface area contributed by atoms with Crippen LogP contribution in [-0.4, -0.2) is 19.0 Å². The lowest BCUT2D eigenvalue weighted by Gasteiger charge is -2.25. The van der Waals surface area contributed by atoms with E-state index in [9.17, 15) is 4.79 Å². The van der Waals surface area contributed by atoms with Gasteiger partial charge in [-0.15, -0.1) is 11.3 Å². The molecule has 0 radical (unpaired) electrons. The highest BCUT2D eigenvalue weighted by Crippen LogP contribution is 2.27. The van der Waals surface area contributed by atoms with Gasteiger partial charge in [-0.2, -0.15) is 0 Å². The molecule has 20 heavy (non-hydrogen) atoms. The Morgan fingerprint density at radius 1 is 1.30 bits per heavy atom. The minimum absolute atomic E-state index is 0.00337. The van der Waals surface area contributed by atoms with Gasteiger partial charge in [-0.25, -0.2) is 0 Å². The first-order valence-corrected chi connectivity index (χ1v) is 8.15. The maximum Gasteiger partial charge on any atom is 0.220 e. The SMILES string of the molecule is CC(C)(CCN)CCC(=O)NCC(C)(C)c1cccs1. The summed E-state index contributed by atoms with van der Waals surface area (Å²) in [6.07, 6.45) is 2.42. The van der Waals surface area contributed by atoms with Crippen molar-refractivity contribution in [3.8, 4) is 0 Å². The normalized spacial score (nSPS) is 12.4. The van der Waals surface area contributed by atoms with Crippen molar-refractivity contribution in [2.24, 2.45) is 11.1 Å². The summed E-state index contributed by atoms with van der Waals surface area (Å²) in [6.45, 7) is 10.0. The van der Waals surface area contributed by atoms with Crippen molar-refractivity contribution in [2.75, 3.05) is 13.1 Å². The number of hydrogen-bond donors (Lipinski definition) is 2. The van der Waals surface area contributed by atoms with Crippen LogP contribution in [0.1, 0.15) is 51.8 Å². The molecule has 1 heterocycles. The third kappa shape index (κ3) is 5.63. The van der Waals surface area contributed by atoms with Crippen molar-refractivity contribution in [1.82, 2.24) is 5.32 Å². The predicted octanol–water partition coefficient (Wildman–Crippen LogP) is 3.30. The monoisotopic (exact) mass is 296 g/mol. The fraction of sp³-hybridized carbons (Fsp3) is 0.688. The second-order valence-electron chi connectivity index (χ2n) is 6.84. The topological polar surface area (TPSA) is 55.1 Å². The number of thiophene rings is 1. The van der Waals surface area contributed by atoms with E-state index < -0.39 is 0 Å². The zero-order valence-electron chi connectivity index (χ0n) is 13.2. The molecular weight excluding hydrogens is 268 g/mol.